The van der Waals surface area contributed by atoms with Crippen LogP contribution in [0.5, 0.6) is 0 Å². The molecule has 0 bridgehead atoms. The van der Waals surface area contributed by atoms with Crippen molar-refractivity contribution in [3.8, 4) is 0 Å². The third-order valence-corrected chi connectivity index (χ3v) is 3.44. The van der Waals surface area contributed by atoms with Gasteiger partial charge in [-0.15, -0.1) is 0 Å². The van der Waals surface area contributed by atoms with E-state index in [9.17, 15) is 13.2 Å². The summed E-state index contributed by atoms with van der Waals surface area (Å²) in [4.78, 5) is 0. The van der Waals surface area contributed by atoms with Crippen LogP contribution in [0.2, 0.25) is 0 Å². The van der Waals surface area contributed by atoms with E-state index in [0.717, 1.165) is 18.2 Å². The van der Waals surface area contributed by atoms with Crippen molar-refractivity contribution in [3.63, 3.8) is 0 Å². The SMILES string of the molecule is CNC(c1ccc(F)c(Br)c1)c1cc(F)ccc1F. The Morgan fingerprint density at radius 3 is 2.32 bits per heavy atom. The molecule has 19 heavy (non-hydrogen) atoms. The first-order valence-corrected chi connectivity index (χ1v) is 6.39. The van der Waals surface area contributed by atoms with Crippen molar-refractivity contribution in [1.82, 2.24) is 5.32 Å². The Labute approximate surface area is 117 Å². The van der Waals surface area contributed by atoms with Crippen LogP contribution in [-0.4, -0.2) is 7.05 Å². The molecule has 1 N–H and O–H groups in total. The van der Waals surface area contributed by atoms with Crippen molar-refractivity contribution < 1.29 is 13.2 Å². The number of halogens is 4. The van der Waals surface area contributed by atoms with E-state index in [1.165, 1.54) is 12.1 Å². The molecule has 100 valence electrons. The summed E-state index contributed by atoms with van der Waals surface area (Å²) in [6, 6.07) is 7.08. The van der Waals surface area contributed by atoms with E-state index < -0.39 is 23.5 Å². The fourth-order valence-electron chi connectivity index (χ4n) is 1.93. The monoisotopic (exact) mass is 329 g/mol. The zero-order valence-corrected chi connectivity index (χ0v) is 11.6. The first-order valence-electron chi connectivity index (χ1n) is 5.60. The second-order valence-corrected chi connectivity index (χ2v) is 4.92. The van der Waals surface area contributed by atoms with Gasteiger partial charge in [0.25, 0.3) is 0 Å². The summed E-state index contributed by atoms with van der Waals surface area (Å²) in [5.41, 5.74) is 0.821. The quantitative estimate of drug-likeness (QED) is 0.890. The summed E-state index contributed by atoms with van der Waals surface area (Å²) in [5.74, 6) is -1.43. The van der Waals surface area contributed by atoms with Crippen molar-refractivity contribution in [2.24, 2.45) is 0 Å². The van der Waals surface area contributed by atoms with Crippen LogP contribution in [0.3, 0.4) is 0 Å². The zero-order valence-electron chi connectivity index (χ0n) is 10.1. The summed E-state index contributed by atoms with van der Waals surface area (Å²) in [6.07, 6.45) is 0. The average Bonchev–Trinajstić information content (AvgIpc) is 2.38. The van der Waals surface area contributed by atoms with Gasteiger partial charge in [-0.05, 0) is 58.9 Å². The predicted molar refractivity (Wildman–Crippen MR) is 71.4 cm³/mol. The van der Waals surface area contributed by atoms with Gasteiger partial charge in [-0.1, -0.05) is 6.07 Å². The molecule has 2 aromatic carbocycles. The predicted octanol–water partition coefficient (Wildman–Crippen LogP) is 4.18. The van der Waals surface area contributed by atoms with E-state index in [2.05, 4.69) is 21.2 Å². The van der Waals surface area contributed by atoms with E-state index in [0.29, 0.717) is 5.56 Å². The third kappa shape index (κ3) is 2.98. The minimum atomic E-state index is -0.549. The molecular formula is C14H11BrF3N. The minimum absolute atomic E-state index is 0.181. The van der Waals surface area contributed by atoms with E-state index >= 15 is 0 Å². The van der Waals surface area contributed by atoms with Gasteiger partial charge in [-0.25, -0.2) is 13.2 Å². The van der Waals surface area contributed by atoms with Crippen molar-refractivity contribution in [3.05, 3.63) is 69.4 Å². The van der Waals surface area contributed by atoms with Crippen LogP contribution in [0.15, 0.2) is 40.9 Å². The Balaban J connectivity index is 2.49. The Hall–Kier alpha value is -1.33. The van der Waals surface area contributed by atoms with E-state index in [-0.39, 0.29) is 10.0 Å². The molecule has 1 atom stereocenters. The maximum Gasteiger partial charge on any atom is 0.137 e. The Morgan fingerprint density at radius 1 is 1.00 bits per heavy atom. The molecule has 0 saturated carbocycles. The number of nitrogens with one attached hydrogen (secondary N) is 1. The van der Waals surface area contributed by atoms with Crippen LogP contribution < -0.4 is 5.32 Å². The fraction of sp³-hybridized carbons (Fsp3) is 0.143. The molecule has 2 aromatic rings. The summed E-state index contributed by atoms with van der Waals surface area (Å²) in [6.45, 7) is 0. The molecule has 0 radical (unpaired) electrons. The Morgan fingerprint density at radius 2 is 1.68 bits per heavy atom. The van der Waals surface area contributed by atoms with Gasteiger partial charge in [0.1, 0.15) is 17.5 Å². The van der Waals surface area contributed by atoms with Gasteiger partial charge in [-0.2, -0.15) is 0 Å². The molecule has 0 fully saturated rings. The standard InChI is InChI=1S/C14H11BrF3N/c1-19-14(8-2-4-13(18)11(15)6-8)10-7-9(16)3-5-12(10)17/h2-7,14,19H,1H3. The lowest BCUT2D eigenvalue weighted by molar-refractivity contribution is 0.557. The average molecular weight is 330 g/mol. The van der Waals surface area contributed by atoms with Crippen LogP contribution in [0.25, 0.3) is 0 Å². The highest BCUT2D eigenvalue weighted by molar-refractivity contribution is 9.10. The molecule has 0 heterocycles. The first kappa shape index (κ1) is 14.1. The second kappa shape index (κ2) is 5.75. The summed E-state index contributed by atoms with van der Waals surface area (Å²) in [5, 5.41) is 2.90. The molecule has 0 aliphatic rings. The third-order valence-electron chi connectivity index (χ3n) is 2.83. The van der Waals surface area contributed by atoms with Gasteiger partial charge in [0.2, 0.25) is 0 Å². The fourth-order valence-corrected chi connectivity index (χ4v) is 2.33. The normalized spacial score (nSPS) is 12.5. The molecule has 0 aliphatic heterocycles. The van der Waals surface area contributed by atoms with Gasteiger partial charge >= 0.3 is 0 Å². The molecule has 0 amide bonds. The topological polar surface area (TPSA) is 12.0 Å². The molecule has 0 spiro atoms. The van der Waals surface area contributed by atoms with Crippen LogP contribution in [0.4, 0.5) is 13.2 Å². The lowest BCUT2D eigenvalue weighted by Crippen LogP contribution is -2.19. The summed E-state index contributed by atoms with van der Waals surface area (Å²) in [7, 11) is 1.63. The molecule has 1 nitrogen and oxygen atoms in total. The van der Waals surface area contributed by atoms with Crippen LogP contribution in [0, 0.1) is 17.5 Å². The van der Waals surface area contributed by atoms with Crippen LogP contribution in [-0.2, 0) is 0 Å². The first-order chi connectivity index (χ1) is 9.02. The molecule has 1 unspecified atom stereocenters. The highest BCUT2D eigenvalue weighted by atomic mass is 79.9. The highest BCUT2D eigenvalue weighted by Gasteiger charge is 2.18. The lowest BCUT2D eigenvalue weighted by Gasteiger charge is -2.18. The lowest BCUT2D eigenvalue weighted by atomic mass is 9.98. The van der Waals surface area contributed by atoms with Crippen LogP contribution in [0.1, 0.15) is 17.2 Å². The minimum Gasteiger partial charge on any atom is -0.309 e. The summed E-state index contributed by atoms with van der Waals surface area (Å²) >= 11 is 3.08. The van der Waals surface area contributed by atoms with E-state index in [4.69, 9.17) is 0 Å². The van der Waals surface area contributed by atoms with Gasteiger partial charge in [0.05, 0.1) is 10.5 Å². The second-order valence-electron chi connectivity index (χ2n) is 4.06. The van der Waals surface area contributed by atoms with Gasteiger partial charge in [-0.3, -0.25) is 0 Å². The molecule has 0 aliphatic carbocycles. The van der Waals surface area contributed by atoms with Crippen molar-refractivity contribution in [1.29, 1.82) is 0 Å². The highest BCUT2D eigenvalue weighted by Crippen LogP contribution is 2.28. The number of benzene rings is 2. The van der Waals surface area contributed by atoms with Gasteiger partial charge < -0.3 is 5.32 Å². The van der Waals surface area contributed by atoms with Crippen molar-refractivity contribution in [2.75, 3.05) is 7.05 Å². The van der Waals surface area contributed by atoms with E-state index in [1.807, 2.05) is 0 Å². The van der Waals surface area contributed by atoms with Gasteiger partial charge in [0.15, 0.2) is 0 Å². The molecule has 2 rings (SSSR count). The largest absolute Gasteiger partial charge is 0.309 e. The Kier molecular flexibility index (Phi) is 4.27. The van der Waals surface area contributed by atoms with Crippen LogP contribution >= 0.6 is 15.9 Å². The smallest absolute Gasteiger partial charge is 0.137 e. The number of hydrogen-bond acceptors (Lipinski definition) is 1. The van der Waals surface area contributed by atoms with Crippen molar-refractivity contribution in [2.45, 2.75) is 6.04 Å². The number of hydrogen-bond donors (Lipinski definition) is 1. The number of rotatable bonds is 3. The molecule has 5 heteroatoms. The molecular weight excluding hydrogens is 319 g/mol. The van der Waals surface area contributed by atoms with Gasteiger partial charge in [0, 0.05) is 5.56 Å². The Bertz CT molecular complexity index is 601. The molecule has 0 saturated heterocycles. The summed E-state index contributed by atoms with van der Waals surface area (Å²) < 4.78 is 40.5. The van der Waals surface area contributed by atoms with E-state index in [1.54, 1.807) is 13.1 Å². The van der Waals surface area contributed by atoms with Crippen molar-refractivity contribution >= 4 is 15.9 Å². The maximum atomic E-state index is 13.8. The maximum absolute atomic E-state index is 13.8. The zero-order chi connectivity index (χ0) is 14.0. The molecule has 0 aromatic heterocycles.